The van der Waals surface area contributed by atoms with E-state index in [2.05, 4.69) is 6.92 Å². The molecule has 0 aliphatic rings. The summed E-state index contributed by atoms with van der Waals surface area (Å²) in [5, 5.41) is 0. The SMILES string of the molecule is [CH2-]C=CCCl.[Pd]. The molecule has 0 bridgehead atoms. The van der Waals surface area contributed by atoms with Crippen LogP contribution in [0.15, 0.2) is 12.2 Å². The third-order valence-corrected chi connectivity index (χ3v) is 0.434. The third kappa shape index (κ3) is 8.82. The summed E-state index contributed by atoms with van der Waals surface area (Å²) in [6.45, 7) is 3.41. The summed E-state index contributed by atoms with van der Waals surface area (Å²) < 4.78 is 0. The van der Waals surface area contributed by atoms with Crippen molar-refractivity contribution >= 4 is 11.6 Å². The van der Waals surface area contributed by atoms with Gasteiger partial charge in [-0.15, -0.1) is 11.6 Å². The van der Waals surface area contributed by atoms with Crippen molar-refractivity contribution < 1.29 is 20.4 Å². The van der Waals surface area contributed by atoms with Crippen LogP contribution in [0, 0.1) is 6.92 Å². The van der Waals surface area contributed by atoms with Gasteiger partial charge in [0.2, 0.25) is 0 Å². The van der Waals surface area contributed by atoms with Gasteiger partial charge in [-0.3, -0.25) is 0 Å². The van der Waals surface area contributed by atoms with Crippen LogP contribution in [0.3, 0.4) is 0 Å². The van der Waals surface area contributed by atoms with Crippen LogP contribution in [0.5, 0.6) is 0 Å². The fourth-order valence-corrected chi connectivity index (χ4v) is 0.189. The summed E-state index contributed by atoms with van der Waals surface area (Å²) in [6.07, 6.45) is 3.45. The summed E-state index contributed by atoms with van der Waals surface area (Å²) in [5.41, 5.74) is 0. The topological polar surface area (TPSA) is 0 Å². The molecule has 0 radical (unpaired) electrons. The maximum absolute atomic E-state index is 5.17. The van der Waals surface area contributed by atoms with Gasteiger partial charge in [0.25, 0.3) is 0 Å². The van der Waals surface area contributed by atoms with E-state index in [1.54, 1.807) is 12.2 Å². The van der Waals surface area contributed by atoms with E-state index < -0.39 is 0 Å². The molecule has 0 aliphatic carbocycles. The van der Waals surface area contributed by atoms with Crippen molar-refractivity contribution in [1.82, 2.24) is 0 Å². The van der Waals surface area contributed by atoms with E-state index in [0.717, 1.165) is 0 Å². The Hall–Kier alpha value is 0.562. The molecule has 0 fully saturated rings. The number of alkyl halides is 1. The Bertz CT molecular complexity index is 34.5. The first-order valence-corrected chi connectivity index (χ1v) is 1.95. The average Bonchev–Trinajstić information content (AvgIpc) is 1.41. The molecule has 0 saturated heterocycles. The fraction of sp³-hybridized carbons (Fsp3) is 0.250. The van der Waals surface area contributed by atoms with E-state index in [1.165, 1.54) is 0 Å². The maximum atomic E-state index is 5.17. The molecule has 0 unspecified atom stereocenters. The van der Waals surface area contributed by atoms with Gasteiger partial charge >= 0.3 is 0 Å². The van der Waals surface area contributed by atoms with Crippen molar-refractivity contribution in [2.45, 2.75) is 0 Å². The Morgan fingerprint density at radius 3 is 2.17 bits per heavy atom. The number of hydrogen-bond acceptors (Lipinski definition) is 0. The van der Waals surface area contributed by atoms with Crippen LogP contribution in [0.2, 0.25) is 0 Å². The van der Waals surface area contributed by atoms with Gasteiger partial charge < -0.3 is 0 Å². The molecule has 0 aromatic rings. The Morgan fingerprint density at radius 1 is 1.67 bits per heavy atom. The van der Waals surface area contributed by atoms with E-state index in [1.807, 2.05) is 0 Å². The molecule has 6 heavy (non-hydrogen) atoms. The molecular weight excluding hydrogens is 190 g/mol. The molecule has 0 rings (SSSR count). The minimum absolute atomic E-state index is 0. The van der Waals surface area contributed by atoms with Gasteiger partial charge in [0.05, 0.1) is 0 Å². The zero-order chi connectivity index (χ0) is 4.12. The normalized spacial score (nSPS) is 8.17. The summed E-state index contributed by atoms with van der Waals surface area (Å²) >= 11 is 5.17. The zero-order valence-electron chi connectivity index (χ0n) is 3.26. The molecule has 0 heterocycles. The van der Waals surface area contributed by atoms with Gasteiger partial charge in [-0.05, 0) is 5.88 Å². The van der Waals surface area contributed by atoms with E-state index in [-0.39, 0.29) is 20.4 Å². The van der Waals surface area contributed by atoms with Crippen LogP contribution >= 0.6 is 11.6 Å². The summed E-state index contributed by atoms with van der Waals surface area (Å²) in [6, 6.07) is 0. The van der Waals surface area contributed by atoms with Crippen LogP contribution in [0.1, 0.15) is 0 Å². The minimum atomic E-state index is 0. The van der Waals surface area contributed by atoms with Gasteiger partial charge in [-0.2, -0.15) is 0 Å². The Kier molecular flexibility index (Phi) is 14.8. The molecule has 0 amide bonds. The van der Waals surface area contributed by atoms with E-state index >= 15 is 0 Å². The molecule has 2 heteroatoms. The first-order chi connectivity index (χ1) is 2.41. The largest absolute Gasteiger partial charge is 0.245 e. The molecule has 0 atom stereocenters. The Balaban J connectivity index is 0. The minimum Gasteiger partial charge on any atom is -0.245 e. The molecular formula is C4H6ClPd-. The Labute approximate surface area is 57.2 Å². The third-order valence-electron chi connectivity index (χ3n) is 0.256. The van der Waals surface area contributed by atoms with E-state index in [9.17, 15) is 0 Å². The van der Waals surface area contributed by atoms with Gasteiger partial charge in [0.15, 0.2) is 0 Å². The van der Waals surface area contributed by atoms with Crippen LogP contribution < -0.4 is 0 Å². The van der Waals surface area contributed by atoms with E-state index in [4.69, 9.17) is 11.6 Å². The number of hydrogen-bond donors (Lipinski definition) is 0. The van der Waals surface area contributed by atoms with Crippen LogP contribution in [-0.2, 0) is 20.4 Å². The zero-order valence-corrected chi connectivity index (χ0v) is 5.57. The van der Waals surface area contributed by atoms with Crippen molar-refractivity contribution in [2.24, 2.45) is 0 Å². The fourth-order valence-electron chi connectivity index (χ4n) is 0.0630. The summed E-state index contributed by atoms with van der Waals surface area (Å²) in [7, 11) is 0. The number of rotatable bonds is 1. The van der Waals surface area contributed by atoms with Gasteiger partial charge in [-0.1, -0.05) is 0 Å². The first-order valence-electron chi connectivity index (χ1n) is 1.42. The molecule has 0 aliphatic heterocycles. The molecule has 0 aromatic carbocycles. The van der Waals surface area contributed by atoms with Crippen LogP contribution in [0.4, 0.5) is 0 Å². The quantitative estimate of drug-likeness (QED) is 0.339. The van der Waals surface area contributed by atoms with E-state index in [0.29, 0.717) is 5.88 Å². The molecule has 40 valence electrons. The van der Waals surface area contributed by atoms with Gasteiger partial charge in [0, 0.05) is 20.4 Å². The van der Waals surface area contributed by atoms with Gasteiger partial charge in [0.1, 0.15) is 0 Å². The molecule has 0 saturated carbocycles. The van der Waals surface area contributed by atoms with Crippen molar-refractivity contribution in [3.63, 3.8) is 0 Å². The number of halogens is 1. The summed E-state index contributed by atoms with van der Waals surface area (Å²) in [4.78, 5) is 0. The second-order valence-electron chi connectivity index (χ2n) is 0.626. The van der Waals surface area contributed by atoms with Crippen molar-refractivity contribution in [2.75, 3.05) is 5.88 Å². The molecule has 0 spiro atoms. The number of allylic oxidation sites excluding steroid dienone is 2. The molecule has 0 nitrogen and oxygen atoms in total. The van der Waals surface area contributed by atoms with Crippen molar-refractivity contribution in [3.05, 3.63) is 19.1 Å². The second kappa shape index (κ2) is 9.12. The van der Waals surface area contributed by atoms with Crippen LogP contribution in [0.25, 0.3) is 0 Å². The smallest absolute Gasteiger partial charge is 0 e. The second-order valence-corrected chi connectivity index (χ2v) is 0.934. The Morgan fingerprint density at radius 2 is 2.17 bits per heavy atom. The predicted octanol–water partition coefficient (Wildman–Crippen LogP) is 1.61. The van der Waals surface area contributed by atoms with Crippen molar-refractivity contribution in [3.8, 4) is 0 Å². The van der Waals surface area contributed by atoms with Gasteiger partial charge in [-0.25, -0.2) is 19.1 Å². The molecule has 0 N–H and O–H groups in total. The van der Waals surface area contributed by atoms with Crippen molar-refractivity contribution in [1.29, 1.82) is 0 Å². The summed E-state index contributed by atoms with van der Waals surface area (Å²) in [5.74, 6) is 0.573. The standard InChI is InChI=1S/C4H6Cl.Pd/c1-2-3-4-5;/h2-3H,1,4H2;/q-1;. The maximum Gasteiger partial charge on any atom is 0 e. The molecule has 0 aromatic heterocycles. The predicted molar refractivity (Wildman–Crippen MR) is 25.2 cm³/mol. The van der Waals surface area contributed by atoms with Crippen LogP contribution in [-0.4, -0.2) is 5.88 Å². The monoisotopic (exact) mass is 195 g/mol. The average molecular weight is 196 g/mol. The first kappa shape index (κ1) is 9.75.